The van der Waals surface area contributed by atoms with Crippen molar-refractivity contribution in [1.29, 1.82) is 0 Å². The van der Waals surface area contributed by atoms with Crippen LogP contribution >= 0.6 is 0 Å². The van der Waals surface area contributed by atoms with E-state index in [2.05, 4.69) is 16.0 Å². The number of hydrogen-bond donors (Lipinski definition) is 3. The Balaban J connectivity index is 1.61. The van der Waals surface area contributed by atoms with E-state index in [4.69, 9.17) is 9.47 Å². The first-order valence-corrected chi connectivity index (χ1v) is 10.7. The summed E-state index contributed by atoms with van der Waals surface area (Å²) >= 11 is 0. The van der Waals surface area contributed by atoms with Crippen LogP contribution in [-0.4, -0.2) is 43.1 Å². The fourth-order valence-electron chi connectivity index (χ4n) is 3.33. The van der Waals surface area contributed by atoms with Crippen molar-refractivity contribution in [2.75, 3.05) is 34.5 Å². The second kappa shape index (κ2) is 10.2. The maximum absolute atomic E-state index is 12.7. The molecule has 0 saturated heterocycles. The molecule has 0 atom stereocenters. The van der Waals surface area contributed by atoms with Crippen molar-refractivity contribution >= 4 is 46.6 Å². The van der Waals surface area contributed by atoms with Crippen molar-refractivity contribution in [3.63, 3.8) is 0 Å². The topological polar surface area (TPSA) is 126 Å². The van der Waals surface area contributed by atoms with E-state index < -0.39 is 17.6 Å². The van der Waals surface area contributed by atoms with Crippen molar-refractivity contribution in [3.05, 3.63) is 42.5 Å². The fourth-order valence-corrected chi connectivity index (χ4v) is 3.33. The average molecular weight is 469 g/mol. The van der Waals surface area contributed by atoms with Crippen molar-refractivity contribution in [1.82, 2.24) is 0 Å². The number of carbonyl (C=O) groups is 4. The van der Waals surface area contributed by atoms with E-state index in [1.807, 2.05) is 0 Å². The Kier molecular flexibility index (Phi) is 7.40. The van der Waals surface area contributed by atoms with Crippen molar-refractivity contribution < 1.29 is 28.7 Å². The maximum Gasteiger partial charge on any atom is 0.412 e. The van der Waals surface area contributed by atoms with Gasteiger partial charge in [-0.05, 0) is 51.1 Å². The Morgan fingerprint density at radius 2 is 1.79 bits per heavy atom. The number of nitrogens with one attached hydrogen (secondary N) is 3. The minimum atomic E-state index is -0.675. The summed E-state index contributed by atoms with van der Waals surface area (Å²) in [5.41, 5.74) is 1.21. The highest BCUT2D eigenvalue weighted by Gasteiger charge is 2.26. The molecular weight excluding hydrogens is 440 g/mol. The molecule has 0 spiro atoms. The summed E-state index contributed by atoms with van der Waals surface area (Å²) in [5, 5.41) is 8.03. The highest BCUT2D eigenvalue weighted by molar-refractivity contribution is 6.10. The third kappa shape index (κ3) is 6.47. The molecule has 0 aliphatic carbocycles. The number of ether oxygens (including phenoxy) is 2. The zero-order chi connectivity index (χ0) is 24.9. The van der Waals surface area contributed by atoms with Gasteiger partial charge in [-0.15, -0.1) is 0 Å². The molecule has 0 fully saturated rings. The lowest BCUT2D eigenvalue weighted by molar-refractivity contribution is -0.124. The van der Waals surface area contributed by atoms with E-state index in [9.17, 15) is 19.2 Å². The lowest BCUT2D eigenvalue weighted by atomic mass is 10.1. The fraction of sp³-hybridized carbons (Fsp3) is 0.333. The quantitative estimate of drug-likeness (QED) is 0.593. The van der Waals surface area contributed by atoms with Crippen LogP contribution in [0.3, 0.4) is 0 Å². The van der Waals surface area contributed by atoms with Gasteiger partial charge in [0.2, 0.25) is 17.7 Å². The summed E-state index contributed by atoms with van der Waals surface area (Å²) in [5.74, 6) is -0.628. The van der Waals surface area contributed by atoms with E-state index in [0.29, 0.717) is 28.5 Å². The summed E-state index contributed by atoms with van der Waals surface area (Å²) in [6, 6.07) is 11.7. The number of hydrogen-bond acceptors (Lipinski definition) is 6. The molecular formula is C24H28N4O6. The van der Waals surface area contributed by atoms with Gasteiger partial charge in [0, 0.05) is 18.5 Å². The Bertz CT molecular complexity index is 1110. The van der Waals surface area contributed by atoms with E-state index in [1.165, 1.54) is 18.1 Å². The zero-order valence-corrected chi connectivity index (χ0v) is 19.6. The van der Waals surface area contributed by atoms with Gasteiger partial charge in [-0.25, -0.2) is 4.79 Å². The SMILES string of the molecule is COc1ccc(NC(=O)CCC(=O)N2CC(=O)Nc3ccccc32)cc1NC(=O)OC(C)(C)C. The summed E-state index contributed by atoms with van der Waals surface area (Å²) in [6.45, 7) is 5.14. The molecule has 0 bridgehead atoms. The minimum Gasteiger partial charge on any atom is -0.495 e. The first kappa shape index (κ1) is 24.6. The van der Waals surface area contributed by atoms with Gasteiger partial charge >= 0.3 is 6.09 Å². The molecule has 0 aromatic heterocycles. The monoisotopic (exact) mass is 468 g/mol. The third-order valence-electron chi connectivity index (χ3n) is 4.76. The number of benzene rings is 2. The highest BCUT2D eigenvalue weighted by Crippen LogP contribution is 2.30. The van der Waals surface area contributed by atoms with Crippen LogP contribution in [0, 0.1) is 0 Å². The number of fused-ring (bicyclic) bond motifs is 1. The van der Waals surface area contributed by atoms with Gasteiger partial charge in [-0.3, -0.25) is 19.7 Å². The molecule has 10 heteroatoms. The zero-order valence-electron chi connectivity index (χ0n) is 19.6. The second-order valence-electron chi connectivity index (χ2n) is 8.64. The summed E-state index contributed by atoms with van der Waals surface area (Å²) in [6.07, 6.45) is -0.821. The highest BCUT2D eigenvalue weighted by atomic mass is 16.6. The predicted octanol–water partition coefficient (Wildman–Crippen LogP) is 3.75. The van der Waals surface area contributed by atoms with E-state index in [1.54, 1.807) is 57.2 Å². The summed E-state index contributed by atoms with van der Waals surface area (Å²) < 4.78 is 10.5. The molecule has 3 rings (SSSR count). The van der Waals surface area contributed by atoms with Crippen LogP contribution < -0.4 is 25.6 Å². The molecule has 1 aliphatic rings. The molecule has 34 heavy (non-hydrogen) atoms. The summed E-state index contributed by atoms with van der Waals surface area (Å²) in [4.78, 5) is 50.6. The van der Waals surface area contributed by atoms with Crippen LogP contribution in [0.25, 0.3) is 0 Å². The predicted molar refractivity (Wildman–Crippen MR) is 128 cm³/mol. The first-order valence-electron chi connectivity index (χ1n) is 10.7. The van der Waals surface area contributed by atoms with Gasteiger partial charge in [-0.1, -0.05) is 12.1 Å². The van der Waals surface area contributed by atoms with Gasteiger partial charge in [0.1, 0.15) is 17.9 Å². The van der Waals surface area contributed by atoms with Gasteiger partial charge in [0.25, 0.3) is 0 Å². The molecule has 0 unspecified atom stereocenters. The van der Waals surface area contributed by atoms with Crippen molar-refractivity contribution in [2.45, 2.75) is 39.2 Å². The van der Waals surface area contributed by atoms with Crippen LogP contribution in [0.2, 0.25) is 0 Å². The van der Waals surface area contributed by atoms with E-state index in [-0.39, 0.29) is 31.2 Å². The van der Waals surface area contributed by atoms with Crippen molar-refractivity contribution in [2.24, 2.45) is 0 Å². The molecule has 2 aromatic rings. The third-order valence-corrected chi connectivity index (χ3v) is 4.76. The van der Waals surface area contributed by atoms with Gasteiger partial charge in [0.15, 0.2) is 0 Å². The molecule has 0 radical (unpaired) electrons. The molecule has 4 amide bonds. The van der Waals surface area contributed by atoms with Crippen LogP contribution in [0.4, 0.5) is 27.5 Å². The van der Waals surface area contributed by atoms with E-state index in [0.717, 1.165) is 0 Å². The number of carbonyl (C=O) groups excluding carboxylic acids is 4. The molecule has 180 valence electrons. The Hall–Kier alpha value is -4.08. The average Bonchev–Trinajstić information content (AvgIpc) is 2.75. The lowest BCUT2D eigenvalue weighted by Gasteiger charge is -2.29. The number of nitrogens with zero attached hydrogens (tertiary/aromatic N) is 1. The molecule has 3 N–H and O–H groups in total. The molecule has 0 saturated carbocycles. The van der Waals surface area contributed by atoms with Gasteiger partial charge in [0.05, 0.1) is 24.2 Å². The maximum atomic E-state index is 12.7. The molecule has 10 nitrogen and oxygen atoms in total. The standard InChI is InChI=1S/C24H28N4O6/c1-24(2,3)34-23(32)27-17-13-15(9-10-19(17)33-4)25-20(29)11-12-22(31)28-14-21(30)26-16-7-5-6-8-18(16)28/h5-10,13H,11-12,14H2,1-4H3,(H,25,29)(H,26,30)(H,27,32). The smallest absolute Gasteiger partial charge is 0.412 e. The summed E-state index contributed by atoms with van der Waals surface area (Å²) in [7, 11) is 1.46. The number of methoxy groups -OCH3 is 1. The molecule has 1 aliphatic heterocycles. The largest absolute Gasteiger partial charge is 0.495 e. The lowest BCUT2D eigenvalue weighted by Crippen LogP contribution is -2.42. The number of rotatable bonds is 6. The van der Waals surface area contributed by atoms with Crippen molar-refractivity contribution in [3.8, 4) is 5.75 Å². The number of anilines is 4. The number of amides is 4. The Morgan fingerprint density at radius 3 is 2.50 bits per heavy atom. The minimum absolute atomic E-state index is 0.0768. The van der Waals surface area contributed by atoms with Crippen LogP contribution in [-0.2, 0) is 19.1 Å². The Morgan fingerprint density at radius 1 is 1.06 bits per heavy atom. The second-order valence-corrected chi connectivity index (χ2v) is 8.64. The van der Waals surface area contributed by atoms with E-state index >= 15 is 0 Å². The normalized spacial score (nSPS) is 12.8. The first-order chi connectivity index (χ1) is 16.1. The molecule has 2 aromatic carbocycles. The van der Waals surface area contributed by atoms with Gasteiger partial charge in [-0.2, -0.15) is 0 Å². The molecule has 1 heterocycles. The van der Waals surface area contributed by atoms with Crippen LogP contribution in [0.15, 0.2) is 42.5 Å². The van der Waals surface area contributed by atoms with Crippen LogP contribution in [0.5, 0.6) is 5.75 Å². The van der Waals surface area contributed by atoms with Gasteiger partial charge < -0.3 is 25.0 Å². The number of para-hydroxylation sites is 2. The Labute approximate surface area is 197 Å². The van der Waals surface area contributed by atoms with Crippen LogP contribution in [0.1, 0.15) is 33.6 Å².